The molecule has 0 saturated carbocycles. The van der Waals surface area contributed by atoms with Crippen molar-refractivity contribution in [2.24, 2.45) is 0 Å². The largest absolute Gasteiger partial charge is 0.480 e. The smallest absolute Gasteiger partial charge is 0.320 e. The lowest BCUT2D eigenvalue weighted by molar-refractivity contribution is -0.138. The minimum Gasteiger partial charge on any atom is -0.480 e. The summed E-state index contributed by atoms with van der Waals surface area (Å²) in [7, 11) is 0. The van der Waals surface area contributed by atoms with Crippen LogP contribution in [0.2, 0.25) is 0 Å². The van der Waals surface area contributed by atoms with Crippen molar-refractivity contribution >= 4 is 24.4 Å². The lowest BCUT2D eigenvalue weighted by Gasteiger charge is -2.23. The summed E-state index contributed by atoms with van der Waals surface area (Å²) in [6, 6.07) is -0.765. The van der Waals surface area contributed by atoms with Gasteiger partial charge in [0, 0.05) is 0 Å². The first kappa shape index (κ1) is 14.0. The zero-order chi connectivity index (χ0) is 11.2. The van der Waals surface area contributed by atoms with Gasteiger partial charge >= 0.3 is 5.97 Å². The molecule has 0 aliphatic carbocycles. The van der Waals surface area contributed by atoms with Crippen molar-refractivity contribution in [1.82, 2.24) is 5.09 Å². The molecular formula is C7H16NO4PS. The molecule has 0 saturated heterocycles. The Morgan fingerprint density at radius 2 is 1.93 bits per heavy atom. The van der Waals surface area contributed by atoms with Crippen LogP contribution in [0.25, 0.3) is 0 Å². The third-order valence-electron chi connectivity index (χ3n) is 1.32. The zero-order valence-electron chi connectivity index (χ0n) is 8.52. The van der Waals surface area contributed by atoms with E-state index in [9.17, 15) is 4.79 Å². The maximum Gasteiger partial charge on any atom is 0.320 e. The monoisotopic (exact) mass is 241 g/mol. The topological polar surface area (TPSA) is 67.8 Å². The van der Waals surface area contributed by atoms with Crippen LogP contribution < -0.4 is 5.09 Å². The van der Waals surface area contributed by atoms with Crippen LogP contribution in [-0.4, -0.2) is 30.3 Å². The maximum absolute atomic E-state index is 10.6. The molecule has 0 unspecified atom stereocenters. The SMILES string of the molecule is CCOP(=S)(N[C@@H](C)C(=O)O)OCC. The van der Waals surface area contributed by atoms with Crippen molar-refractivity contribution in [1.29, 1.82) is 0 Å². The number of hydrogen-bond donors (Lipinski definition) is 2. The summed E-state index contributed by atoms with van der Waals surface area (Å²) >= 11 is 5.09. The van der Waals surface area contributed by atoms with Gasteiger partial charge in [-0.3, -0.25) is 4.79 Å². The van der Waals surface area contributed by atoms with Gasteiger partial charge < -0.3 is 14.2 Å². The minimum absolute atomic E-state index is 0.399. The van der Waals surface area contributed by atoms with Gasteiger partial charge in [-0.15, -0.1) is 0 Å². The van der Waals surface area contributed by atoms with E-state index >= 15 is 0 Å². The van der Waals surface area contributed by atoms with Crippen molar-refractivity contribution in [3.05, 3.63) is 0 Å². The number of carboxylic acids is 1. The fourth-order valence-electron chi connectivity index (χ4n) is 0.744. The van der Waals surface area contributed by atoms with Crippen molar-refractivity contribution in [3.8, 4) is 0 Å². The highest BCUT2D eigenvalue weighted by molar-refractivity contribution is 8.09. The van der Waals surface area contributed by atoms with Crippen LogP contribution >= 0.6 is 6.64 Å². The Labute approximate surface area is 89.0 Å². The molecule has 0 fully saturated rings. The van der Waals surface area contributed by atoms with Crippen molar-refractivity contribution in [2.75, 3.05) is 13.2 Å². The quantitative estimate of drug-likeness (QED) is 0.656. The van der Waals surface area contributed by atoms with Gasteiger partial charge in [0.05, 0.1) is 13.2 Å². The Hall–Kier alpha value is -0.0000000000000000763. The molecule has 7 heteroatoms. The normalized spacial score (nSPS) is 13.9. The maximum atomic E-state index is 10.6. The second-order valence-electron chi connectivity index (χ2n) is 2.52. The van der Waals surface area contributed by atoms with Gasteiger partial charge in [0.25, 0.3) is 6.64 Å². The summed E-state index contributed by atoms with van der Waals surface area (Å²) in [5.41, 5.74) is 0. The van der Waals surface area contributed by atoms with Crippen molar-refractivity contribution in [2.45, 2.75) is 26.8 Å². The molecule has 0 spiro atoms. The Bertz CT molecular complexity index is 226. The molecule has 0 radical (unpaired) electrons. The zero-order valence-corrected chi connectivity index (χ0v) is 10.2. The Kier molecular flexibility index (Phi) is 6.48. The third kappa shape index (κ3) is 5.02. The Morgan fingerprint density at radius 3 is 2.21 bits per heavy atom. The third-order valence-corrected chi connectivity index (χ3v) is 4.17. The first-order valence-electron chi connectivity index (χ1n) is 4.35. The molecular weight excluding hydrogens is 225 g/mol. The highest BCUT2D eigenvalue weighted by atomic mass is 32.5. The van der Waals surface area contributed by atoms with E-state index < -0.39 is 18.7 Å². The molecule has 0 aliphatic heterocycles. The van der Waals surface area contributed by atoms with E-state index in [-0.39, 0.29) is 0 Å². The molecule has 0 bridgehead atoms. The lowest BCUT2D eigenvalue weighted by atomic mass is 10.4. The van der Waals surface area contributed by atoms with Gasteiger partial charge in [-0.2, -0.15) is 0 Å². The molecule has 2 N–H and O–H groups in total. The van der Waals surface area contributed by atoms with Crippen molar-refractivity contribution in [3.63, 3.8) is 0 Å². The Balaban J connectivity index is 4.35. The molecule has 5 nitrogen and oxygen atoms in total. The van der Waals surface area contributed by atoms with Gasteiger partial charge in [-0.25, -0.2) is 5.09 Å². The van der Waals surface area contributed by atoms with E-state index in [1.54, 1.807) is 13.8 Å². The summed E-state index contributed by atoms with van der Waals surface area (Å²) in [5, 5.41) is 11.4. The van der Waals surface area contributed by atoms with E-state index in [2.05, 4.69) is 5.09 Å². The first-order chi connectivity index (χ1) is 6.45. The van der Waals surface area contributed by atoms with Crippen LogP contribution in [0.1, 0.15) is 20.8 Å². The van der Waals surface area contributed by atoms with Crippen molar-refractivity contribution < 1.29 is 18.9 Å². The summed E-state index contributed by atoms with van der Waals surface area (Å²) in [6.07, 6.45) is 0. The van der Waals surface area contributed by atoms with Gasteiger partial charge in [-0.05, 0) is 32.6 Å². The van der Waals surface area contributed by atoms with Crippen LogP contribution in [0.15, 0.2) is 0 Å². The summed E-state index contributed by atoms with van der Waals surface area (Å²) in [4.78, 5) is 10.6. The average Bonchev–Trinajstić information content (AvgIpc) is 2.04. The highest BCUT2D eigenvalue weighted by Crippen LogP contribution is 2.44. The fraction of sp³-hybridized carbons (Fsp3) is 0.857. The minimum atomic E-state index is -2.63. The summed E-state index contributed by atoms with van der Waals surface area (Å²) < 4.78 is 10.4. The van der Waals surface area contributed by atoms with Gasteiger partial charge in [0.1, 0.15) is 6.04 Å². The van der Waals surface area contributed by atoms with Gasteiger partial charge in [0.2, 0.25) is 0 Å². The molecule has 84 valence electrons. The molecule has 14 heavy (non-hydrogen) atoms. The Morgan fingerprint density at radius 1 is 1.50 bits per heavy atom. The summed E-state index contributed by atoms with van der Waals surface area (Å²) in [5.74, 6) is -0.973. The number of rotatable bonds is 7. The molecule has 1 atom stereocenters. The predicted octanol–water partition coefficient (Wildman–Crippen LogP) is 1.35. The predicted molar refractivity (Wildman–Crippen MR) is 57.8 cm³/mol. The number of nitrogens with one attached hydrogen (secondary N) is 1. The molecule has 0 aromatic rings. The number of carbonyl (C=O) groups is 1. The molecule has 0 heterocycles. The number of carboxylic acid groups (broad SMARTS) is 1. The van der Waals surface area contributed by atoms with E-state index in [1.807, 2.05) is 0 Å². The first-order valence-corrected chi connectivity index (χ1v) is 6.98. The van der Waals surface area contributed by atoms with Gasteiger partial charge in [-0.1, -0.05) is 0 Å². The average molecular weight is 241 g/mol. The lowest BCUT2D eigenvalue weighted by Crippen LogP contribution is -2.32. The number of aliphatic carboxylic acids is 1. The van der Waals surface area contributed by atoms with Crippen LogP contribution in [0.4, 0.5) is 0 Å². The second kappa shape index (κ2) is 6.48. The molecule has 0 aliphatic rings. The number of hydrogen-bond acceptors (Lipinski definition) is 4. The van der Waals surface area contributed by atoms with E-state index in [0.29, 0.717) is 13.2 Å². The molecule has 0 aromatic carbocycles. The van der Waals surface area contributed by atoms with E-state index in [1.165, 1.54) is 6.92 Å². The molecule has 0 aromatic heterocycles. The summed E-state index contributed by atoms with van der Waals surface area (Å²) in [6.45, 7) is 3.24. The second-order valence-corrected chi connectivity index (χ2v) is 5.73. The molecule has 0 rings (SSSR count). The standard InChI is InChI=1S/C7H16NO4PS/c1-4-11-13(14,12-5-2)8-6(3)7(9)10/h6H,4-5H2,1-3H3,(H,8,14)(H,9,10)/t6-/m0/s1. The molecule has 0 amide bonds. The van der Waals surface area contributed by atoms with Crippen LogP contribution in [0, 0.1) is 0 Å². The fourth-order valence-corrected chi connectivity index (χ4v) is 3.34. The highest BCUT2D eigenvalue weighted by Gasteiger charge is 2.23. The van der Waals surface area contributed by atoms with E-state index in [4.69, 9.17) is 26.0 Å². The van der Waals surface area contributed by atoms with Crippen LogP contribution in [0.5, 0.6) is 0 Å². The van der Waals surface area contributed by atoms with Gasteiger partial charge in [0.15, 0.2) is 0 Å². The van der Waals surface area contributed by atoms with Crippen LogP contribution in [0.3, 0.4) is 0 Å². The van der Waals surface area contributed by atoms with E-state index in [0.717, 1.165) is 0 Å². The van der Waals surface area contributed by atoms with Crippen LogP contribution in [-0.2, 0) is 25.6 Å².